The molecule has 0 aliphatic carbocycles. The van der Waals surface area contributed by atoms with Crippen molar-refractivity contribution in [3.63, 3.8) is 0 Å². The fraction of sp³-hybridized carbons (Fsp3) is 0.333. The van der Waals surface area contributed by atoms with Gasteiger partial charge in [0.15, 0.2) is 0 Å². The van der Waals surface area contributed by atoms with Gasteiger partial charge in [0.2, 0.25) is 0 Å². The lowest BCUT2D eigenvalue weighted by Crippen LogP contribution is -2.55. The number of hydrogen-bond donors (Lipinski definition) is 2. The van der Waals surface area contributed by atoms with E-state index in [0.717, 1.165) is 52.9 Å². The largest absolute Gasteiger partial charge is 0.383 e. The van der Waals surface area contributed by atoms with Crippen LogP contribution in [-0.2, 0) is 6.42 Å². The second-order valence-corrected chi connectivity index (χ2v) is 9.35. The van der Waals surface area contributed by atoms with E-state index < -0.39 is 0 Å². The summed E-state index contributed by atoms with van der Waals surface area (Å²) in [7, 11) is 2.21. The predicted octanol–water partition coefficient (Wildman–Crippen LogP) is 3.81. The molecule has 1 saturated heterocycles. The molecule has 2 atom stereocenters. The van der Waals surface area contributed by atoms with Crippen LogP contribution in [0.25, 0.3) is 22.3 Å². The lowest BCUT2D eigenvalue weighted by molar-refractivity contribution is 0.0946. The SMILES string of the molecule is C[C@@H]1CN(c2ccc(-c3cnc(N)c(-c4ccc5c(c4)CCNC5=O)c3)cc2)C[C@H](C)N1C. The van der Waals surface area contributed by atoms with Crippen molar-refractivity contribution in [2.24, 2.45) is 0 Å². The molecule has 0 bridgehead atoms. The van der Waals surface area contributed by atoms with Gasteiger partial charge in [-0.3, -0.25) is 9.69 Å². The molecule has 2 aliphatic rings. The van der Waals surface area contributed by atoms with Crippen molar-refractivity contribution >= 4 is 17.4 Å². The van der Waals surface area contributed by atoms with Crippen LogP contribution in [-0.4, -0.2) is 54.6 Å². The fourth-order valence-corrected chi connectivity index (χ4v) is 4.94. The minimum atomic E-state index is -0.00752. The monoisotopic (exact) mass is 441 g/mol. The predicted molar refractivity (Wildman–Crippen MR) is 134 cm³/mol. The van der Waals surface area contributed by atoms with Gasteiger partial charge in [-0.05, 0) is 68.3 Å². The van der Waals surface area contributed by atoms with Crippen molar-refractivity contribution in [3.8, 4) is 22.3 Å². The van der Waals surface area contributed by atoms with E-state index in [1.165, 1.54) is 5.69 Å². The summed E-state index contributed by atoms with van der Waals surface area (Å²) in [4.78, 5) is 21.5. The Hall–Kier alpha value is -3.38. The molecule has 6 nitrogen and oxygen atoms in total. The van der Waals surface area contributed by atoms with Crippen molar-refractivity contribution in [1.29, 1.82) is 0 Å². The molecule has 0 saturated carbocycles. The van der Waals surface area contributed by atoms with Crippen LogP contribution in [0, 0.1) is 0 Å². The number of nitrogens with zero attached hydrogens (tertiary/aromatic N) is 3. The molecule has 170 valence electrons. The van der Waals surface area contributed by atoms with Gasteiger partial charge in [0.1, 0.15) is 5.82 Å². The first-order chi connectivity index (χ1) is 15.9. The Bertz CT molecular complexity index is 1180. The van der Waals surface area contributed by atoms with Crippen molar-refractivity contribution in [3.05, 3.63) is 65.9 Å². The molecule has 3 aromatic rings. The third-order valence-corrected chi connectivity index (χ3v) is 7.18. The molecular formula is C27H31N5O. The number of rotatable bonds is 3. The number of piperazine rings is 1. The smallest absolute Gasteiger partial charge is 0.251 e. The Kier molecular flexibility index (Phi) is 5.54. The van der Waals surface area contributed by atoms with Gasteiger partial charge in [-0.15, -0.1) is 0 Å². The highest BCUT2D eigenvalue weighted by Crippen LogP contribution is 2.32. The Morgan fingerprint density at radius 2 is 1.64 bits per heavy atom. The molecule has 3 N–H and O–H groups in total. The maximum absolute atomic E-state index is 12.1. The average molecular weight is 442 g/mol. The normalized spacial score (nSPS) is 20.9. The summed E-state index contributed by atoms with van der Waals surface area (Å²) in [6.07, 6.45) is 2.66. The third-order valence-electron chi connectivity index (χ3n) is 7.18. The van der Waals surface area contributed by atoms with Gasteiger partial charge in [-0.2, -0.15) is 0 Å². The summed E-state index contributed by atoms with van der Waals surface area (Å²) in [6.45, 7) is 7.30. The van der Waals surface area contributed by atoms with Crippen LogP contribution in [0.15, 0.2) is 54.7 Å². The van der Waals surface area contributed by atoms with Gasteiger partial charge < -0.3 is 16.0 Å². The zero-order valence-corrected chi connectivity index (χ0v) is 19.5. The molecule has 0 unspecified atom stereocenters. The molecule has 1 aromatic heterocycles. The average Bonchev–Trinajstić information content (AvgIpc) is 2.82. The summed E-state index contributed by atoms with van der Waals surface area (Å²) >= 11 is 0. The van der Waals surface area contributed by atoms with Crippen LogP contribution in [0.1, 0.15) is 29.8 Å². The standard InChI is InChI=1S/C27H31N5O/c1-17-15-32(16-18(2)31(17)3)23-7-4-19(5-8-23)22-13-25(26(28)30-14-22)20-6-9-24-21(12-20)10-11-29-27(24)33/h4-9,12-14,17-18H,10-11,15-16H2,1-3H3,(H2,28,30)(H,29,33)/t17-,18+. The number of pyridine rings is 1. The van der Waals surface area contributed by atoms with Crippen molar-refractivity contribution in [2.75, 3.05) is 37.3 Å². The van der Waals surface area contributed by atoms with Gasteiger partial charge >= 0.3 is 0 Å². The van der Waals surface area contributed by atoms with Gasteiger partial charge in [-0.1, -0.05) is 24.3 Å². The number of nitrogen functional groups attached to an aromatic ring is 1. The number of benzene rings is 2. The minimum absolute atomic E-state index is 0.00752. The Balaban J connectivity index is 1.42. The number of carbonyl (C=O) groups is 1. The zero-order valence-electron chi connectivity index (χ0n) is 19.5. The van der Waals surface area contributed by atoms with Gasteiger partial charge in [-0.25, -0.2) is 4.98 Å². The van der Waals surface area contributed by atoms with Gasteiger partial charge in [0, 0.05) is 60.3 Å². The van der Waals surface area contributed by atoms with E-state index in [1.807, 2.05) is 18.3 Å². The molecule has 0 spiro atoms. The molecular weight excluding hydrogens is 410 g/mol. The number of nitrogens with one attached hydrogen (secondary N) is 1. The van der Waals surface area contributed by atoms with Crippen molar-refractivity contribution in [2.45, 2.75) is 32.4 Å². The second kappa shape index (κ2) is 8.52. The van der Waals surface area contributed by atoms with Crippen LogP contribution in [0.2, 0.25) is 0 Å². The van der Waals surface area contributed by atoms with E-state index in [9.17, 15) is 4.79 Å². The second-order valence-electron chi connectivity index (χ2n) is 9.35. The highest BCUT2D eigenvalue weighted by molar-refractivity contribution is 5.97. The van der Waals surface area contributed by atoms with Gasteiger partial charge in [0.25, 0.3) is 5.91 Å². The van der Waals surface area contributed by atoms with Crippen LogP contribution in [0.4, 0.5) is 11.5 Å². The first-order valence-electron chi connectivity index (χ1n) is 11.6. The molecule has 1 fully saturated rings. The molecule has 6 heteroatoms. The number of aromatic nitrogens is 1. The number of amides is 1. The third kappa shape index (κ3) is 4.07. The van der Waals surface area contributed by atoms with E-state index in [1.54, 1.807) is 0 Å². The van der Waals surface area contributed by atoms with E-state index in [0.29, 0.717) is 24.4 Å². The Morgan fingerprint density at radius 1 is 0.939 bits per heavy atom. The van der Waals surface area contributed by atoms with Crippen molar-refractivity contribution in [1.82, 2.24) is 15.2 Å². The molecule has 1 amide bonds. The van der Waals surface area contributed by atoms with Crippen LogP contribution < -0.4 is 16.0 Å². The summed E-state index contributed by atoms with van der Waals surface area (Å²) in [5, 5.41) is 2.89. The first-order valence-corrected chi connectivity index (χ1v) is 11.6. The Labute approximate surface area is 195 Å². The molecule has 5 rings (SSSR count). The summed E-state index contributed by atoms with van der Waals surface area (Å²) in [5.74, 6) is 0.489. The number of carbonyl (C=O) groups excluding carboxylic acids is 1. The molecule has 2 aliphatic heterocycles. The highest BCUT2D eigenvalue weighted by Gasteiger charge is 2.26. The molecule has 2 aromatic carbocycles. The quantitative estimate of drug-likeness (QED) is 0.647. The number of anilines is 2. The zero-order chi connectivity index (χ0) is 23.1. The molecule has 3 heterocycles. The maximum atomic E-state index is 12.1. The van der Waals surface area contributed by atoms with Gasteiger partial charge in [0.05, 0.1) is 0 Å². The lowest BCUT2D eigenvalue weighted by Gasteiger charge is -2.43. The summed E-state index contributed by atoms with van der Waals surface area (Å²) < 4.78 is 0. The molecule has 0 radical (unpaired) electrons. The number of hydrogen-bond acceptors (Lipinski definition) is 5. The van der Waals surface area contributed by atoms with Crippen LogP contribution in [0.5, 0.6) is 0 Å². The minimum Gasteiger partial charge on any atom is -0.383 e. The Morgan fingerprint density at radius 3 is 2.36 bits per heavy atom. The number of likely N-dealkylation sites (N-methyl/N-ethyl adjacent to an activating group) is 1. The summed E-state index contributed by atoms with van der Waals surface area (Å²) in [6, 6.07) is 17.8. The van der Waals surface area contributed by atoms with Crippen LogP contribution in [0.3, 0.4) is 0 Å². The highest BCUT2D eigenvalue weighted by atomic mass is 16.1. The van der Waals surface area contributed by atoms with E-state index in [2.05, 4.69) is 77.4 Å². The van der Waals surface area contributed by atoms with E-state index >= 15 is 0 Å². The number of fused-ring (bicyclic) bond motifs is 1. The molecule has 33 heavy (non-hydrogen) atoms. The lowest BCUT2D eigenvalue weighted by atomic mass is 9.94. The fourth-order valence-electron chi connectivity index (χ4n) is 4.94. The first kappa shape index (κ1) is 21.5. The number of nitrogens with two attached hydrogens (primary N) is 1. The van der Waals surface area contributed by atoms with E-state index in [4.69, 9.17) is 5.73 Å². The van der Waals surface area contributed by atoms with Crippen LogP contribution >= 0.6 is 0 Å². The maximum Gasteiger partial charge on any atom is 0.251 e. The van der Waals surface area contributed by atoms with E-state index in [-0.39, 0.29) is 5.91 Å². The van der Waals surface area contributed by atoms with Crippen molar-refractivity contribution < 1.29 is 4.79 Å². The topological polar surface area (TPSA) is 74.5 Å². The summed E-state index contributed by atoms with van der Waals surface area (Å²) in [5.41, 5.74) is 13.3.